The average molecular weight is 251 g/mol. The lowest BCUT2D eigenvalue weighted by Crippen LogP contribution is -2.21. The van der Waals surface area contributed by atoms with E-state index in [-0.39, 0.29) is 5.82 Å². The van der Waals surface area contributed by atoms with Crippen LogP contribution in [0.4, 0.5) is 4.39 Å². The quantitative estimate of drug-likeness (QED) is 0.837. The first-order chi connectivity index (χ1) is 8.79. The molecule has 18 heavy (non-hydrogen) atoms. The third kappa shape index (κ3) is 3.70. The van der Waals surface area contributed by atoms with Gasteiger partial charge in [-0.1, -0.05) is 6.07 Å². The molecule has 2 rings (SSSR count). The van der Waals surface area contributed by atoms with Crippen LogP contribution in [0.15, 0.2) is 18.2 Å². The summed E-state index contributed by atoms with van der Waals surface area (Å²) < 4.78 is 18.8. The van der Waals surface area contributed by atoms with Crippen LogP contribution in [-0.4, -0.2) is 19.2 Å². The zero-order chi connectivity index (χ0) is 12.8. The minimum Gasteiger partial charge on any atom is -0.491 e. The molecular formula is C15H22FNO. The number of nitrogens with one attached hydrogen (secondary N) is 1. The number of benzene rings is 1. The van der Waals surface area contributed by atoms with Crippen molar-refractivity contribution < 1.29 is 9.13 Å². The average Bonchev–Trinajstić information content (AvgIpc) is 2.86. The highest BCUT2D eigenvalue weighted by atomic mass is 19.1. The van der Waals surface area contributed by atoms with Gasteiger partial charge in [-0.3, -0.25) is 0 Å². The van der Waals surface area contributed by atoms with Crippen molar-refractivity contribution in [2.24, 2.45) is 0 Å². The van der Waals surface area contributed by atoms with Crippen LogP contribution in [0, 0.1) is 5.82 Å². The summed E-state index contributed by atoms with van der Waals surface area (Å²) in [6.45, 7) is 3.52. The number of halogens is 1. The molecule has 1 atom stereocenters. The topological polar surface area (TPSA) is 21.3 Å². The van der Waals surface area contributed by atoms with Crippen LogP contribution in [0.5, 0.6) is 5.75 Å². The molecule has 1 N–H and O–H groups in total. The molecule has 100 valence electrons. The van der Waals surface area contributed by atoms with E-state index in [0.29, 0.717) is 18.4 Å². The number of hydrogen-bond donors (Lipinski definition) is 1. The van der Waals surface area contributed by atoms with Crippen LogP contribution in [0.1, 0.15) is 38.2 Å². The van der Waals surface area contributed by atoms with Crippen LogP contribution in [-0.2, 0) is 6.42 Å². The fraction of sp³-hybridized carbons (Fsp3) is 0.600. The van der Waals surface area contributed by atoms with Crippen molar-refractivity contribution in [1.82, 2.24) is 5.32 Å². The molecule has 0 amide bonds. The Morgan fingerprint density at radius 3 is 3.00 bits per heavy atom. The molecule has 1 aromatic rings. The summed E-state index contributed by atoms with van der Waals surface area (Å²) in [6, 6.07) is 5.99. The van der Waals surface area contributed by atoms with Crippen molar-refractivity contribution in [2.45, 2.75) is 45.1 Å². The van der Waals surface area contributed by atoms with Gasteiger partial charge < -0.3 is 10.1 Å². The molecule has 1 fully saturated rings. The highest BCUT2D eigenvalue weighted by molar-refractivity contribution is 5.29. The Hall–Kier alpha value is -1.09. The lowest BCUT2D eigenvalue weighted by atomic mass is 10.0. The van der Waals surface area contributed by atoms with Crippen LogP contribution in [0.25, 0.3) is 0 Å². The molecule has 0 aliphatic carbocycles. The predicted molar refractivity (Wildman–Crippen MR) is 71.5 cm³/mol. The Morgan fingerprint density at radius 2 is 2.33 bits per heavy atom. The Morgan fingerprint density at radius 1 is 1.44 bits per heavy atom. The molecule has 3 heteroatoms. The highest BCUT2D eigenvalue weighted by Gasteiger charge is 2.13. The summed E-state index contributed by atoms with van der Waals surface area (Å²) in [5.74, 6) is 0.118. The number of aryl methyl sites for hydroxylation is 1. The van der Waals surface area contributed by atoms with Crippen LogP contribution < -0.4 is 10.1 Å². The van der Waals surface area contributed by atoms with E-state index in [9.17, 15) is 4.39 Å². The third-order valence-electron chi connectivity index (χ3n) is 3.48. The van der Waals surface area contributed by atoms with Crippen molar-refractivity contribution in [1.29, 1.82) is 0 Å². The summed E-state index contributed by atoms with van der Waals surface area (Å²) in [4.78, 5) is 0. The van der Waals surface area contributed by atoms with E-state index < -0.39 is 0 Å². The van der Waals surface area contributed by atoms with Gasteiger partial charge >= 0.3 is 0 Å². The Kier molecular flexibility index (Phi) is 5.00. The summed E-state index contributed by atoms with van der Waals surface area (Å²) in [6.07, 6.45) is 5.83. The maximum Gasteiger partial charge on any atom is 0.165 e. The second-order valence-electron chi connectivity index (χ2n) is 4.88. The number of rotatable bonds is 6. The molecule has 1 unspecified atom stereocenters. The predicted octanol–water partition coefficient (Wildman–Crippen LogP) is 3.30. The molecule has 1 aliphatic rings. The molecule has 0 radical (unpaired) electrons. The van der Waals surface area contributed by atoms with Gasteiger partial charge in [-0.2, -0.15) is 0 Å². The Bertz CT molecular complexity index is 375. The molecule has 1 saturated heterocycles. The first-order valence-corrected chi connectivity index (χ1v) is 6.94. The van der Waals surface area contributed by atoms with Crippen LogP contribution >= 0.6 is 0 Å². The minimum atomic E-state index is -0.242. The standard InChI is InChI=1S/C15H22FNO/c1-2-18-15-9-8-12(11-14(15)16)5-3-6-13-7-4-10-17-13/h8-9,11,13,17H,2-7,10H2,1H3. The van der Waals surface area contributed by atoms with E-state index in [2.05, 4.69) is 5.32 Å². The van der Waals surface area contributed by atoms with Gasteiger partial charge in [0.2, 0.25) is 0 Å². The normalized spacial score (nSPS) is 19.1. The minimum absolute atomic E-state index is 0.242. The number of hydrogen-bond acceptors (Lipinski definition) is 2. The van der Waals surface area contributed by atoms with Crippen LogP contribution in [0.2, 0.25) is 0 Å². The molecule has 2 nitrogen and oxygen atoms in total. The van der Waals surface area contributed by atoms with Crippen LogP contribution in [0.3, 0.4) is 0 Å². The largest absolute Gasteiger partial charge is 0.491 e. The summed E-state index contributed by atoms with van der Waals surface area (Å²) in [7, 11) is 0. The van der Waals surface area contributed by atoms with Gasteiger partial charge in [-0.15, -0.1) is 0 Å². The van der Waals surface area contributed by atoms with E-state index >= 15 is 0 Å². The van der Waals surface area contributed by atoms with Gasteiger partial charge in [-0.05, 0) is 63.3 Å². The summed E-state index contributed by atoms with van der Waals surface area (Å²) in [5, 5.41) is 3.49. The molecule has 0 aromatic heterocycles. The molecule has 0 bridgehead atoms. The van der Waals surface area contributed by atoms with Gasteiger partial charge in [0.05, 0.1) is 6.61 Å². The van der Waals surface area contributed by atoms with Gasteiger partial charge in [0.1, 0.15) is 0 Å². The second kappa shape index (κ2) is 6.74. The van der Waals surface area contributed by atoms with Crippen molar-refractivity contribution in [3.05, 3.63) is 29.6 Å². The van der Waals surface area contributed by atoms with Gasteiger partial charge in [-0.25, -0.2) is 4.39 Å². The SMILES string of the molecule is CCOc1ccc(CCCC2CCCN2)cc1F. The maximum atomic E-state index is 13.6. The van der Waals surface area contributed by atoms with Crippen molar-refractivity contribution in [3.8, 4) is 5.75 Å². The molecule has 0 spiro atoms. The van der Waals surface area contributed by atoms with E-state index in [1.54, 1.807) is 12.1 Å². The molecule has 1 aromatic carbocycles. The van der Waals surface area contributed by atoms with E-state index in [1.807, 2.05) is 13.0 Å². The van der Waals surface area contributed by atoms with Gasteiger partial charge in [0.15, 0.2) is 11.6 Å². The Balaban J connectivity index is 1.80. The molecule has 1 heterocycles. The summed E-state index contributed by atoms with van der Waals surface area (Å²) >= 11 is 0. The van der Waals surface area contributed by atoms with Crippen molar-refractivity contribution in [2.75, 3.05) is 13.2 Å². The second-order valence-corrected chi connectivity index (χ2v) is 4.88. The zero-order valence-corrected chi connectivity index (χ0v) is 11.0. The monoisotopic (exact) mass is 251 g/mol. The zero-order valence-electron chi connectivity index (χ0n) is 11.0. The summed E-state index contributed by atoms with van der Waals surface area (Å²) in [5.41, 5.74) is 1.06. The molecule has 0 saturated carbocycles. The molecular weight excluding hydrogens is 229 g/mol. The van der Waals surface area contributed by atoms with E-state index in [4.69, 9.17) is 4.74 Å². The first-order valence-electron chi connectivity index (χ1n) is 6.94. The highest BCUT2D eigenvalue weighted by Crippen LogP contribution is 2.20. The fourth-order valence-corrected chi connectivity index (χ4v) is 2.53. The van der Waals surface area contributed by atoms with Crippen molar-refractivity contribution >= 4 is 0 Å². The van der Waals surface area contributed by atoms with E-state index in [1.165, 1.54) is 19.3 Å². The van der Waals surface area contributed by atoms with Crippen molar-refractivity contribution in [3.63, 3.8) is 0 Å². The van der Waals surface area contributed by atoms with Gasteiger partial charge in [0, 0.05) is 6.04 Å². The lowest BCUT2D eigenvalue weighted by molar-refractivity contribution is 0.321. The Labute approximate surface area is 109 Å². The smallest absolute Gasteiger partial charge is 0.165 e. The fourth-order valence-electron chi connectivity index (χ4n) is 2.53. The first kappa shape index (κ1) is 13.3. The molecule has 1 aliphatic heterocycles. The lowest BCUT2D eigenvalue weighted by Gasteiger charge is -2.10. The van der Waals surface area contributed by atoms with E-state index in [0.717, 1.165) is 24.9 Å². The van der Waals surface area contributed by atoms with Gasteiger partial charge in [0.25, 0.3) is 0 Å². The number of ether oxygens (including phenoxy) is 1. The third-order valence-corrected chi connectivity index (χ3v) is 3.48. The maximum absolute atomic E-state index is 13.6.